The molecule has 1 unspecified atom stereocenters. The average Bonchev–Trinajstić information content (AvgIpc) is 3.27. The van der Waals surface area contributed by atoms with Gasteiger partial charge in [0.25, 0.3) is 5.91 Å². The molecule has 1 saturated heterocycles. The predicted molar refractivity (Wildman–Crippen MR) is 97.9 cm³/mol. The lowest BCUT2D eigenvalue weighted by atomic mass is 10.1. The maximum atomic E-state index is 14.4. The van der Waals surface area contributed by atoms with Gasteiger partial charge in [0, 0.05) is 6.54 Å². The van der Waals surface area contributed by atoms with Crippen LogP contribution in [0.5, 0.6) is 5.88 Å². The lowest BCUT2D eigenvalue weighted by Gasteiger charge is -2.33. The first kappa shape index (κ1) is 20.7. The molecule has 0 bridgehead atoms. The maximum absolute atomic E-state index is 14.4. The number of ether oxygens (including phenoxy) is 1. The van der Waals surface area contributed by atoms with Gasteiger partial charge in [-0.25, -0.2) is 14.4 Å². The lowest BCUT2D eigenvalue weighted by Crippen LogP contribution is -2.44. The van der Waals surface area contributed by atoms with Crippen molar-refractivity contribution in [3.8, 4) is 11.6 Å². The molecule has 1 amide bonds. The minimum absolute atomic E-state index is 0.0610. The average molecular weight is 436 g/mol. The first-order valence-corrected chi connectivity index (χ1v) is 9.33. The second-order valence-corrected chi connectivity index (χ2v) is 6.83. The molecular weight excluding hydrogens is 420 g/mol. The van der Waals surface area contributed by atoms with Gasteiger partial charge in [-0.1, -0.05) is 6.07 Å². The Bertz CT molecular complexity index is 1060. The van der Waals surface area contributed by atoms with Gasteiger partial charge >= 0.3 is 6.18 Å². The zero-order valence-electron chi connectivity index (χ0n) is 16.0. The number of aromatic nitrogens is 5. The molecule has 0 N–H and O–H groups in total. The second-order valence-electron chi connectivity index (χ2n) is 6.83. The molecule has 31 heavy (non-hydrogen) atoms. The molecule has 1 aliphatic rings. The van der Waals surface area contributed by atoms with Crippen LogP contribution in [0, 0.1) is 5.82 Å². The maximum Gasteiger partial charge on any atom is 0.434 e. The summed E-state index contributed by atoms with van der Waals surface area (Å²) in [7, 11) is 0. The van der Waals surface area contributed by atoms with E-state index in [2.05, 4.69) is 20.2 Å². The summed E-state index contributed by atoms with van der Waals surface area (Å²) in [4.78, 5) is 22.6. The molecule has 0 radical (unpaired) electrons. The molecule has 1 atom stereocenters. The number of amides is 1. The summed E-state index contributed by atoms with van der Waals surface area (Å²) < 4.78 is 57.9. The Morgan fingerprint density at radius 1 is 1.13 bits per heavy atom. The van der Waals surface area contributed by atoms with Crippen molar-refractivity contribution in [3.63, 3.8) is 0 Å². The summed E-state index contributed by atoms with van der Waals surface area (Å²) >= 11 is 0. The first-order valence-electron chi connectivity index (χ1n) is 9.33. The van der Waals surface area contributed by atoms with E-state index in [-0.39, 0.29) is 23.7 Å². The molecule has 1 aliphatic heterocycles. The Kier molecular flexibility index (Phi) is 5.53. The number of halogens is 4. The SMILES string of the molecule is O=C(c1cccc(F)c1-n1nccn1)N1CCCC(Oc2cnc(C(F)(F)F)cn2)C1. The third-order valence-electron chi connectivity index (χ3n) is 4.71. The van der Waals surface area contributed by atoms with Crippen LogP contribution >= 0.6 is 0 Å². The molecule has 0 aliphatic carbocycles. The van der Waals surface area contributed by atoms with Crippen molar-refractivity contribution in [1.82, 2.24) is 29.9 Å². The summed E-state index contributed by atoms with van der Waals surface area (Å²) in [6.45, 7) is 0.573. The highest BCUT2D eigenvalue weighted by Crippen LogP contribution is 2.28. The molecule has 12 heteroatoms. The number of rotatable bonds is 4. The minimum atomic E-state index is -4.59. The van der Waals surface area contributed by atoms with Crippen LogP contribution in [0.1, 0.15) is 28.9 Å². The Balaban J connectivity index is 1.49. The topological polar surface area (TPSA) is 86.0 Å². The van der Waals surface area contributed by atoms with Crippen molar-refractivity contribution in [2.75, 3.05) is 13.1 Å². The number of para-hydroxylation sites is 1. The third-order valence-corrected chi connectivity index (χ3v) is 4.71. The number of piperidine rings is 1. The van der Waals surface area contributed by atoms with Crippen LogP contribution in [0.15, 0.2) is 43.0 Å². The van der Waals surface area contributed by atoms with Gasteiger partial charge in [-0.3, -0.25) is 4.79 Å². The van der Waals surface area contributed by atoms with Crippen molar-refractivity contribution < 1.29 is 27.1 Å². The smallest absolute Gasteiger partial charge is 0.434 e. The summed E-state index contributed by atoms with van der Waals surface area (Å²) in [5.41, 5.74) is -1.09. The van der Waals surface area contributed by atoms with Gasteiger partial charge in [0.05, 0.1) is 36.9 Å². The Hall–Kier alpha value is -3.57. The minimum Gasteiger partial charge on any atom is -0.471 e. The van der Waals surface area contributed by atoms with Crippen LogP contribution in [0.2, 0.25) is 0 Å². The van der Waals surface area contributed by atoms with Crippen molar-refractivity contribution in [1.29, 1.82) is 0 Å². The van der Waals surface area contributed by atoms with Gasteiger partial charge in [-0.2, -0.15) is 23.4 Å². The van der Waals surface area contributed by atoms with Crippen molar-refractivity contribution in [3.05, 3.63) is 60.1 Å². The van der Waals surface area contributed by atoms with Crippen LogP contribution < -0.4 is 4.74 Å². The summed E-state index contributed by atoms with van der Waals surface area (Å²) in [5, 5.41) is 7.81. The lowest BCUT2D eigenvalue weighted by molar-refractivity contribution is -0.141. The molecule has 2 aromatic heterocycles. The van der Waals surface area contributed by atoms with Gasteiger partial charge in [0.15, 0.2) is 11.5 Å². The highest BCUT2D eigenvalue weighted by Gasteiger charge is 2.33. The van der Waals surface area contributed by atoms with Gasteiger partial charge in [-0.05, 0) is 25.0 Å². The quantitative estimate of drug-likeness (QED) is 0.585. The number of likely N-dealkylation sites (tertiary alicyclic amines) is 1. The highest BCUT2D eigenvalue weighted by molar-refractivity contribution is 5.97. The molecule has 8 nitrogen and oxygen atoms in total. The molecular formula is C19H16F4N6O2. The van der Waals surface area contributed by atoms with Gasteiger partial charge < -0.3 is 9.64 Å². The van der Waals surface area contributed by atoms with E-state index in [9.17, 15) is 22.4 Å². The van der Waals surface area contributed by atoms with E-state index >= 15 is 0 Å². The molecule has 162 valence electrons. The zero-order chi connectivity index (χ0) is 22.0. The number of nitrogens with zero attached hydrogens (tertiary/aromatic N) is 6. The molecule has 0 spiro atoms. The molecule has 0 saturated carbocycles. The Labute approximate surface area is 173 Å². The zero-order valence-corrected chi connectivity index (χ0v) is 16.0. The van der Waals surface area contributed by atoms with Crippen LogP contribution in [-0.4, -0.2) is 55.0 Å². The molecule has 4 rings (SSSR count). The van der Waals surface area contributed by atoms with E-state index in [4.69, 9.17) is 4.74 Å². The van der Waals surface area contributed by atoms with E-state index in [1.165, 1.54) is 35.5 Å². The summed E-state index contributed by atoms with van der Waals surface area (Å²) in [6.07, 6.45) is 0.315. The monoisotopic (exact) mass is 436 g/mol. The fourth-order valence-corrected chi connectivity index (χ4v) is 3.31. The van der Waals surface area contributed by atoms with Crippen molar-refractivity contribution in [2.24, 2.45) is 0 Å². The van der Waals surface area contributed by atoms with Crippen LogP contribution in [0.4, 0.5) is 17.6 Å². The van der Waals surface area contributed by atoms with E-state index < -0.39 is 29.7 Å². The number of alkyl halides is 3. The first-order chi connectivity index (χ1) is 14.8. The molecule has 3 heterocycles. The summed E-state index contributed by atoms with van der Waals surface area (Å²) in [5.74, 6) is -1.15. The van der Waals surface area contributed by atoms with E-state index in [0.29, 0.717) is 25.6 Å². The van der Waals surface area contributed by atoms with Gasteiger partial charge in [0.1, 0.15) is 11.8 Å². The normalized spacial score (nSPS) is 16.9. The van der Waals surface area contributed by atoms with Crippen LogP contribution in [0.25, 0.3) is 5.69 Å². The molecule has 3 aromatic rings. The third kappa shape index (κ3) is 4.47. The second kappa shape index (κ2) is 8.28. The van der Waals surface area contributed by atoms with Crippen LogP contribution in [0.3, 0.4) is 0 Å². The molecule has 1 fully saturated rings. The largest absolute Gasteiger partial charge is 0.471 e. The summed E-state index contributed by atoms with van der Waals surface area (Å²) in [6, 6.07) is 4.11. The number of carbonyl (C=O) groups is 1. The van der Waals surface area contributed by atoms with Gasteiger partial charge in [-0.15, -0.1) is 4.80 Å². The van der Waals surface area contributed by atoms with E-state index in [1.54, 1.807) is 0 Å². The number of carbonyl (C=O) groups excluding carboxylic acids is 1. The fourth-order valence-electron chi connectivity index (χ4n) is 3.31. The Morgan fingerprint density at radius 3 is 2.58 bits per heavy atom. The standard InChI is InChI=1S/C19H16F4N6O2/c20-14-5-1-4-13(17(14)29-26-6-7-27-29)18(30)28-8-2-3-12(11-28)31-16-10-24-15(9-25-16)19(21,22)23/h1,4-7,9-10,12H,2-3,8,11H2. The Morgan fingerprint density at radius 2 is 1.90 bits per heavy atom. The van der Waals surface area contributed by atoms with E-state index in [1.807, 2.05) is 0 Å². The van der Waals surface area contributed by atoms with Crippen LogP contribution in [-0.2, 0) is 6.18 Å². The van der Waals surface area contributed by atoms with Gasteiger partial charge in [0.2, 0.25) is 5.88 Å². The highest BCUT2D eigenvalue weighted by atomic mass is 19.4. The van der Waals surface area contributed by atoms with E-state index in [0.717, 1.165) is 11.0 Å². The van der Waals surface area contributed by atoms with Crippen molar-refractivity contribution in [2.45, 2.75) is 25.1 Å². The number of hydrogen-bond donors (Lipinski definition) is 0. The molecule has 1 aromatic carbocycles. The van der Waals surface area contributed by atoms with Crippen molar-refractivity contribution >= 4 is 5.91 Å². The fraction of sp³-hybridized carbons (Fsp3) is 0.316. The number of benzene rings is 1. The predicted octanol–water partition coefficient (Wildman–Crippen LogP) is 2.90. The number of hydrogen-bond acceptors (Lipinski definition) is 6.